The maximum absolute atomic E-state index is 2.22. The molecular formula is C16H12N2. The fraction of sp³-hybridized carbons (Fsp3) is 0. The lowest BCUT2D eigenvalue weighted by Gasteiger charge is -2.38. The Kier molecular flexibility index (Phi) is 1.86. The molecule has 4 heterocycles. The van der Waals surface area contributed by atoms with E-state index >= 15 is 0 Å². The van der Waals surface area contributed by atoms with Crippen molar-refractivity contribution >= 4 is 0 Å². The van der Waals surface area contributed by atoms with Gasteiger partial charge in [-0.25, -0.2) is 0 Å². The number of hydrogen-bond donors (Lipinski definition) is 0. The van der Waals surface area contributed by atoms with Gasteiger partial charge in [0.2, 0.25) is 0 Å². The molecule has 0 saturated carbocycles. The first-order chi connectivity index (χ1) is 8.93. The third-order valence-corrected chi connectivity index (χ3v) is 3.39. The minimum Gasteiger partial charge on any atom is -0.315 e. The zero-order chi connectivity index (χ0) is 11.9. The second-order valence-electron chi connectivity index (χ2n) is 4.43. The summed E-state index contributed by atoms with van der Waals surface area (Å²) in [7, 11) is 0. The lowest BCUT2D eigenvalue weighted by molar-refractivity contribution is 0.500. The van der Waals surface area contributed by atoms with E-state index in [0.717, 1.165) is 0 Å². The zero-order valence-electron chi connectivity index (χ0n) is 9.82. The second kappa shape index (κ2) is 3.50. The molecule has 4 rings (SSSR count). The van der Waals surface area contributed by atoms with Gasteiger partial charge in [0.1, 0.15) is 0 Å². The van der Waals surface area contributed by atoms with Crippen molar-refractivity contribution in [2.24, 2.45) is 0 Å². The van der Waals surface area contributed by atoms with Crippen LogP contribution >= 0.6 is 0 Å². The quantitative estimate of drug-likeness (QED) is 0.632. The van der Waals surface area contributed by atoms with Crippen LogP contribution in [0.25, 0.3) is 0 Å². The smallest absolute Gasteiger partial charge is 0.0697 e. The van der Waals surface area contributed by atoms with E-state index < -0.39 is 0 Å². The van der Waals surface area contributed by atoms with Gasteiger partial charge in [-0.1, -0.05) is 12.2 Å². The maximum atomic E-state index is 2.22. The van der Waals surface area contributed by atoms with Crippen molar-refractivity contribution in [1.29, 1.82) is 0 Å². The number of hydrogen-bond acceptors (Lipinski definition) is 2. The third-order valence-electron chi connectivity index (χ3n) is 3.39. The van der Waals surface area contributed by atoms with Gasteiger partial charge >= 0.3 is 0 Å². The number of nitrogens with zero attached hydrogens (tertiary/aromatic N) is 2. The first kappa shape index (κ1) is 9.54. The van der Waals surface area contributed by atoms with Gasteiger partial charge in [-0.2, -0.15) is 0 Å². The van der Waals surface area contributed by atoms with Crippen LogP contribution in [0.2, 0.25) is 0 Å². The van der Waals surface area contributed by atoms with Crippen LogP contribution in [-0.4, -0.2) is 9.80 Å². The zero-order valence-corrected chi connectivity index (χ0v) is 9.82. The molecule has 0 aromatic rings. The van der Waals surface area contributed by atoms with Crippen LogP contribution in [0, 0.1) is 0 Å². The van der Waals surface area contributed by atoms with E-state index in [2.05, 4.69) is 83.0 Å². The van der Waals surface area contributed by atoms with Crippen molar-refractivity contribution < 1.29 is 0 Å². The highest BCUT2D eigenvalue weighted by atomic mass is 15.2. The standard InChI is InChI=1S/C16H12N2/c1-3-11-17-13(5-1)7-9-16-15(17)10-8-14-6-2-4-12-18(14)16/h1-12H. The second-order valence-corrected chi connectivity index (χ2v) is 4.43. The van der Waals surface area contributed by atoms with Gasteiger partial charge in [-0.05, 0) is 48.6 Å². The average Bonchev–Trinajstić information content (AvgIpc) is 2.46. The third kappa shape index (κ3) is 1.23. The predicted octanol–water partition coefficient (Wildman–Crippen LogP) is 3.32. The molecule has 0 amide bonds. The molecule has 0 radical (unpaired) electrons. The van der Waals surface area contributed by atoms with Crippen LogP contribution in [0.3, 0.4) is 0 Å². The molecule has 2 nitrogen and oxygen atoms in total. The van der Waals surface area contributed by atoms with Crippen molar-refractivity contribution in [2.75, 3.05) is 0 Å². The molecule has 0 N–H and O–H groups in total. The molecule has 18 heavy (non-hydrogen) atoms. The Labute approximate surface area is 106 Å². The fourth-order valence-corrected chi connectivity index (χ4v) is 2.53. The summed E-state index contributed by atoms with van der Waals surface area (Å²) in [5.41, 5.74) is 4.86. The van der Waals surface area contributed by atoms with Gasteiger partial charge in [-0.15, -0.1) is 0 Å². The fourth-order valence-electron chi connectivity index (χ4n) is 2.53. The lowest BCUT2D eigenvalue weighted by atomic mass is 10.0. The summed E-state index contributed by atoms with van der Waals surface area (Å²) >= 11 is 0. The Bertz CT molecular complexity index is 591. The van der Waals surface area contributed by atoms with E-state index in [-0.39, 0.29) is 0 Å². The summed E-state index contributed by atoms with van der Waals surface area (Å²) in [6, 6.07) is 0. The average molecular weight is 232 g/mol. The largest absolute Gasteiger partial charge is 0.315 e. The lowest BCUT2D eigenvalue weighted by Crippen LogP contribution is -2.30. The van der Waals surface area contributed by atoms with Crippen LogP contribution in [0.4, 0.5) is 0 Å². The molecule has 0 fully saturated rings. The summed E-state index contributed by atoms with van der Waals surface area (Å²) in [6.07, 6.45) is 25.4. The molecule has 0 aliphatic carbocycles. The van der Waals surface area contributed by atoms with Gasteiger partial charge in [0.25, 0.3) is 0 Å². The van der Waals surface area contributed by atoms with E-state index in [4.69, 9.17) is 0 Å². The van der Waals surface area contributed by atoms with E-state index in [0.29, 0.717) is 0 Å². The Hall–Kier alpha value is -2.48. The summed E-state index contributed by atoms with van der Waals surface area (Å²) < 4.78 is 0. The summed E-state index contributed by atoms with van der Waals surface area (Å²) in [5, 5.41) is 0. The predicted molar refractivity (Wildman–Crippen MR) is 72.6 cm³/mol. The van der Waals surface area contributed by atoms with Crippen molar-refractivity contribution in [3.05, 3.63) is 95.9 Å². The van der Waals surface area contributed by atoms with E-state index in [1.54, 1.807) is 0 Å². The summed E-state index contributed by atoms with van der Waals surface area (Å²) in [6.45, 7) is 0. The minimum atomic E-state index is 1.21. The molecule has 0 atom stereocenters. The summed E-state index contributed by atoms with van der Waals surface area (Å²) in [5.74, 6) is 0. The van der Waals surface area contributed by atoms with Gasteiger partial charge in [-0.3, -0.25) is 0 Å². The molecule has 86 valence electrons. The monoisotopic (exact) mass is 232 g/mol. The highest BCUT2D eigenvalue weighted by molar-refractivity contribution is 5.54. The van der Waals surface area contributed by atoms with E-state index in [1.165, 1.54) is 22.8 Å². The minimum absolute atomic E-state index is 1.21. The van der Waals surface area contributed by atoms with Crippen LogP contribution < -0.4 is 0 Å². The molecule has 0 aromatic carbocycles. The van der Waals surface area contributed by atoms with Crippen LogP contribution in [-0.2, 0) is 0 Å². The van der Waals surface area contributed by atoms with Gasteiger partial charge in [0, 0.05) is 23.8 Å². The summed E-state index contributed by atoms with van der Waals surface area (Å²) in [4.78, 5) is 4.43. The number of allylic oxidation sites excluding steroid dienone is 10. The molecule has 0 unspecified atom stereocenters. The maximum Gasteiger partial charge on any atom is 0.0697 e. The van der Waals surface area contributed by atoms with Crippen molar-refractivity contribution in [1.82, 2.24) is 9.80 Å². The van der Waals surface area contributed by atoms with Crippen LogP contribution in [0.5, 0.6) is 0 Å². The highest BCUT2D eigenvalue weighted by Gasteiger charge is 2.26. The van der Waals surface area contributed by atoms with Gasteiger partial charge in [0.05, 0.1) is 11.4 Å². The Morgan fingerprint density at radius 2 is 1.06 bits per heavy atom. The molecule has 4 aliphatic rings. The molecule has 4 aliphatic heterocycles. The molecular weight excluding hydrogens is 220 g/mol. The van der Waals surface area contributed by atoms with E-state index in [1.807, 2.05) is 0 Å². The number of rotatable bonds is 0. The highest BCUT2D eigenvalue weighted by Crippen LogP contribution is 2.36. The van der Waals surface area contributed by atoms with Crippen molar-refractivity contribution in [3.63, 3.8) is 0 Å². The molecule has 0 bridgehead atoms. The first-order valence-electron chi connectivity index (χ1n) is 6.06. The van der Waals surface area contributed by atoms with Crippen molar-refractivity contribution in [3.8, 4) is 0 Å². The Morgan fingerprint density at radius 3 is 1.56 bits per heavy atom. The molecule has 0 spiro atoms. The van der Waals surface area contributed by atoms with Gasteiger partial charge < -0.3 is 9.80 Å². The Balaban J connectivity index is 1.87. The van der Waals surface area contributed by atoms with Crippen LogP contribution in [0.1, 0.15) is 0 Å². The van der Waals surface area contributed by atoms with Crippen molar-refractivity contribution in [2.45, 2.75) is 0 Å². The van der Waals surface area contributed by atoms with E-state index in [9.17, 15) is 0 Å². The molecule has 2 heteroatoms. The normalized spacial score (nSPS) is 22.7. The SMILES string of the molecule is C1=CC2=CC=C3C(=CC=C4C=CC=CN43)N2C=C1. The molecule has 0 aromatic heterocycles. The molecule has 0 saturated heterocycles. The first-order valence-corrected chi connectivity index (χ1v) is 6.06. The van der Waals surface area contributed by atoms with Gasteiger partial charge in [0.15, 0.2) is 0 Å². The van der Waals surface area contributed by atoms with Crippen LogP contribution in [0.15, 0.2) is 95.9 Å². The number of fused-ring (bicyclic) bond motifs is 5. The topological polar surface area (TPSA) is 6.48 Å². The Morgan fingerprint density at radius 1 is 0.556 bits per heavy atom.